The number of nitrogens with one attached hydrogen (secondary N) is 1. The zero-order chi connectivity index (χ0) is 13.1. The van der Waals surface area contributed by atoms with Crippen molar-refractivity contribution in [3.05, 3.63) is 11.9 Å². The van der Waals surface area contributed by atoms with E-state index in [0.29, 0.717) is 18.1 Å². The van der Waals surface area contributed by atoms with Crippen molar-refractivity contribution in [3.63, 3.8) is 0 Å². The smallest absolute Gasteiger partial charge is 0.313 e. The summed E-state index contributed by atoms with van der Waals surface area (Å²) >= 11 is 1.21. The lowest BCUT2D eigenvalue weighted by molar-refractivity contribution is -0.134. The van der Waals surface area contributed by atoms with E-state index in [-0.39, 0.29) is 17.7 Å². The second-order valence-corrected chi connectivity index (χ2v) is 5.17. The van der Waals surface area contributed by atoms with Crippen LogP contribution in [0, 0.1) is 6.92 Å². The summed E-state index contributed by atoms with van der Waals surface area (Å²) in [5, 5.41) is 12.2. The number of aliphatic carboxylic acids is 1. The van der Waals surface area contributed by atoms with Gasteiger partial charge in [-0.15, -0.1) is 0 Å². The maximum atomic E-state index is 11.1. The van der Waals surface area contributed by atoms with Gasteiger partial charge in [-0.2, -0.15) is 0 Å². The lowest BCUT2D eigenvalue weighted by atomic mass is 10.1. The van der Waals surface area contributed by atoms with Crippen LogP contribution < -0.4 is 5.32 Å². The molecule has 0 aliphatic carbocycles. The fourth-order valence-corrected chi connectivity index (χ4v) is 2.85. The monoisotopic (exact) mass is 269 g/mol. The maximum absolute atomic E-state index is 11.1. The number of carbonyl (C=O) groups excluding carboxylic acids is 1. The average Bonchev–Trinajstić information content (AvgIpc) is 2.69. The third-order valence-electron chi connectivity index (χ3n) is 2.88. The molecule has 1 atom stereocenters. The Balaban J connectivity index is 2.13. The topological polar surface area (TPSA) is 84.2 Å². The highest BCUT2D eigenvalue weighted by Gasteiger charge is 2.23. The molecular formula is C11H15N3O3S. The van der Waals surface area contributed by atoms with E-state index in [1.807, 2.05) is 11.5 Å². The van der Waals surface area contributed by atoms with Crippen LogP contribution in [0.5, 0.6) is 0 Å². The SMILES string of the molecule is Cc1cnc(SCC(=O)O)n1C1CCC(=O)NC1. The molecule has 1 saturated heterocycles. The molecule has 0 radical (unpaired) electrons. The fourth-order valence-electron chi connectivity index (χ4n) is 2.04. The number of rotatable bonds is 4. The minimum Gasteiger partial charge on any atom is -0.481 e. The molecular weight excluding hydrogens is 254 g/mol. The van der Waals surface area contributed by atoms with Gasteiger partial charge in [0.05, 0.1) is 11.8 Å². The number of nitrogens with zero attached hydrogens (tertiary/aromatic N) is 2. The van der Waals surface area contributed by atoms with E-state index in [9.17, 15) is 9.59 Å². The lowest BCUT2D eigenvalue weighted by Gasteiger charge is -2.26. The van der Waals surface area contributed by atoms with Crippen molar-refractivity contribution >= 4 is 23.6 Å². The Hall–Kier alpha value is -1.50. The number of aryl methyl sites for hydroxylation is 1. The molecule has 6 nitrogen and oxygen atoms in total. The van der Waals surface area contributed by atoms with Gasteiger partial charge in [-0.25, -0.2) is 4.98 Å². The van der Waals surface area contributed by atoms with Crippen LogP contribution in [0.15, 0.2) is 11.4 Å². The Kier molecular flexibility index (Phi) is 3.90. The summed E-state index contributed by atoms with van der Waals surface area (Å²) in [6.07, 6.45) is 3.01. The molecule has 1 aromatic rings. The minimum absolute atomic E-state index is 0.00443. The second kappa shape index (κ2) is 5.43. The summed E-state index contributed by atoms with van der Waals surface area (Å²) < 4.78 is 2.02. The van der Waals surface area contributed by atoms with Gasteiger partial charge >= 0.3 is 5.97 Å². The van der Waals surface area contributed by atoms with E-state index in [1.54, 1.807) is 6.20 Å². The van der Waals surface area contributed by atoms with E-state index in [4.69, 9.17) is 5.11 Å². The maximum Gasteiger partial charge on any atom is 0.313 e. The third kappa shape index (κ3) is 2.84. The fraction of sp³-hybridized carbons (Fsp3) is 0.545. The number of carbonyl (C=O) groups is 2. The summed E-state index contributed by atoms with van der Waals surface area (Å²) in [5.41, 5.74) is 0.990. The molecule has 18 heavy (non-hydrogen) atoms. The first-order valence-corrected chi connectivity index (χ1v) is 6.71. The minimum atomic E-state index is -0.857. The van der Waals surface area contributed by atoms with Gasteiger partial charge in [-0.1, -0.05) is 11.8 Å². The molecule has 1 aliphatic rings. The number of imidazole rings is 1. The van der Waals surface area contributed by atoms with Crippen molar-refractivity contribution in [1.82, 2.24) is 14.9 Å². The number of aromatic nitrogens is 2. The Morgan fingerprint density at radius 2 is 2.50 bits per heavy atom. The number of thioether (sulfide) groups is 1. The first-order valence-electron chi connectivity index (χ1n) is 5.73. The number of hydrogen-bond donors (Lipinski definition) is 2. The summed E-state index contributed by atoms with van der Waals surface area (Å²) in [5.74, 6) is -0.789. The van der Waals surface area contributed by atoms with Crippen LogP contribution >= 0.6 is 11.8 Å². The van der Waals surface area contributed by atoms with E-state index < -0.39 is 5.97 Å². The molecule has 1 unspecified atom stereocenters. The summed E-state index contributed by atoms with van der Waals surface area (Å²) in [6.45, 7) is 2.52. The van der Waals surface area contributed by atoms with Gasteiger partial charge in [0.15, 0.2) is 5.16 Å². The van der Waals surface area contributed by atoms with Crippen LogP contribution in [-0.4, -0.2) is 38.8 Å². The molecule has 1 aromatic heterocycles. The second-order valence-electron chi connectivity index (χ2n) is 4.23. The summed E-state index contributed by atoms with van der Waals surface area (Å²) in [4.78, 5) is 26.0. The van der Waals surface area contributed by atoms with Gasteiger partial charge in [0.1, 0.15) is 0 Å². The number of piperidine rings is 1. The Bertz CT molecular complexity index is 462. The molecule has 1 fully saturated rings. The van der Waals surface area contributed by atoms with Gasteiger partial charge in [-0.3, -0.25) is 9.59 Å². The van der Waals surface area contributed by atoms with E-state index in [0.717, 1.165) is 12.1 Å². The van der Waals surface area contributed by atoms with Crippen molar-refractivity contribution < 1.29 is 14.7 Å². The molecule has 98 valence electrons. The molecule has 0 bridgehead atoms. The molecule has 2 rings (SSSR count). The van der Waals surface area contributed by atoms with Gasteiger partial charge in [0, 0.05) is 24.9 Å². The van der Waals surface area contributed by atoms with E-state index >= 15 is 0 Å². The highest BCUT2D eigenvalue weighted by Crippen LogP contribution is 2.26. The number of carboxylic acids is 1. The molecule has 1 aliphatic heterocycles. The zero-order valence-corrected chi connectivity index (χ0v) is 10.9. The van der Waals surface area contributed by atoms with Crippen LogP contribution in [0.4, 0.5) is 0 Å². The normalized spacial score (nSPS) is 19.6. The van der Waals surface area contributed by atoms with Crippen molar-refractivity contribution in [3.8, 4) is 0 Å². The highest BCUT2D eigenvalue weighted by molar-refractivity contribution is 7.99. The third-order valence-corrected chi connectivity index (χ3v) is 3.83. The van der Waals surface area contributed by atoms with E-state index in [2.05, 4.69) is 10.3 Å². The Morgan fingerprint density at radius 3 is 3.11 bits per heavy atom. The molecule has 0 saturated carbocycles. The standard InChI is InChI=1S/C11H15N3O3S/c1-7-4-13-11(18-6-10(16)17)14(7)8-2-3-9(15)12-5-8/h4,8H,2-3,5-6H2,1H3,(H,12,15)(H,16,17). The van der Waals surface area contributed by atoms with Crippen LogP contribution in [-0.2, 0) is 9.59 Å². The quantitative estimate of drug-likeness (QED) is 0.791. The van der Waals surface area contributed by atoms with Gasteiger partial charge in [0.25, 0.3) is 0 Å². The van der Waals surface area contributed by atoms with Gasteiger partial charge < -0.3 is 15.0 Å². The Morgan fingerprint density at radius 1 is 1.72 bits per heavy atom. The van der Waals surface area contributed by atoms with Crippen LogP contribution in [0.1, 0.15) is 24.6 Å². The Labute approximate surface area is 109 Å². The van der Waals surface area contributed by atoms with E-state index in [1.165, 1.54) is 11.8 Å². The first-order chi connectivity index (χ1) is 8.58. The first kappa shape index (κ1) is 12.9. The van der Waals surface area contributed by atoms with Crippen molar-refractivity contribution in [2.75, 3.05) is 12.3 Å². The van der Waals surface area contributed by atoms with Gasteiger partial charge in [0.2, 0.25) is 5.91 Å². The largest absolute Gasteiger partial charge is 0.481 e. The molecule has 0 aromatic carbocycles. The van der Waals surface area contributed by atoms with Crippen molar-refractivity contribution in [1.29, 1.82) is 0 Å². The van der Waals surface area contributed by atoms with Crippen LogP contribution in [0.25, 0.3) is 0 Å². The molecule has 2 heterocycles. The predicted octanol–water partition coefficient (Wildman–Crippen LogP) is 0.819. The van der Waals surface area contributed by atoms with Crippen molar-refractivity contribution in [2.45, 2.75) is 31.0 Å². The summed E-state index contributed by atoms with van der Waals surface area (Å²) in [7, 11) is 0. The van der Waals surface area contributed by atoms with Crippen LogP contribution in [0.2, 0.25) is 0 Å². The number of hydrogen-bond acceptors (Lipinski definition) is 4. The summed E-state index contributed by atoms with van der Waals surface area (Å²) in [6, 6.07) is 0.168. The van der Waals surface area contributed by atoms with Crippen LogP contribution in [0.3, 0.4) is 0 Å². The number of carboxylic acid groups (broad SMARTS) is 1. The van der Waals surface area contributed by atoms with Crippen molar-refractivity contribution in [2.24, 2.45) is 0 Å². The molecule has 2 N–H and O–H groups in total. The van der Waals surface area contributed by atoms with Gasteiger partial charge in [-0.05, 0) is 13.3 Å². The highest BCUT2D eigenvalue weighted by atomic mass is 32.2. The number of amides is 1. The molecule has 0 spiro atoms. The lowest BCUT2D eigenvalue weighted by Crippen LogP contribution is -2.36. The zero-order valence-electron chi connectivity index (χ0n) is 10.0. The molecule has 7 heteroatoms. The predicted molar refractivity (Wildman–Crippen MR) is 66.6 cm³/mol. The molecule has 1 amide bonds. The average molecular weight is 269 g/mol.